The fourth-order valence-corrected chi connectivity index (χ4v) is 4.94. The van der Waals surface area contributed by atoms with Crippen molar-refractivity contribution in [2.24, 2.45) is 0 Å². The molecule has 2 aromatic carbocycles. The van der Waals surface area contributed by atoms with E-state index in [0.717, 1.165) is 0 Å². The lowest BCUT2D eigenvalue weighted by molar-refractivity contribution is -0.00966. The normalized spacial score (nSPS) is 19.6. The van der Waals surface area contributed by atoms with Crippen LogP contribution in [0.3, 0.4) is 0 Å². The minimum atomic E-state index is -3.71. The Morgan fingerprint density at radius 2 is 1.59 bits per heavy atom. The van der Waals surface area contributed by atoms with Crippen molar-refractivity contribution in [1.29, 1.82) is 0 Å². The number of aliphatic hydroxyl groups is 1. The molecule has 2 aromatic rings. The van der Waals surface area contributed by atoms with Crippen LogP contribution in [0.2, 0.25) is 0 Å². The van der Waals surface area contributed by atoms with Gasteiger partial charge in [0.2, 0.25) is 10.0 Å². The van der Waals surface area contributed by atoms with Gasteiger partial charge in [-0.1, -0.05) is 12.1 Å². The predicted octanol–water partition coefficient (Wildman–Crippen LogP) is 2.27. The molecule has 0 amide bonds. The summed E-state index contributed by atoms with van der Waals surface area (Å²) in [6.45, 7) is 1.16. The van der Waals surface area contributed by atoms with Crippen LogP contribution in [-0.2, 0) is 15.6 Å². The molecule has 1 saturated heterocycles. The van der Waals surface area contributed by atoms with Crippen LogP contribution in [0.15, 0.2) is 47.4 Å². The molecule has 4 rings (SSSR count). The third-order valence-electron chi connectivity index (χ3n) is 5.08. The van der Waals surface area contributed by atoms with Crippen molar-refractivity contribution in [3.05, 3.63) is 53.8 Å². The first-order chi connectivity index (χ1) is 12.9. The number of sulfonamides is 1. The second-order valence-electron chi connectivity index (χ2n) is 6.75. The summed E-state index contributed by atoms with van der Waals surface area (Å²) in [5.74, 6) is 0.577. The van der Waals surface area contributed by atoms with Gasteiger partial charge in [-0.05, 0) is 42.7 Å². The van der Waals surface area contributed by atoms with Gasteiger partial charge in [-0.25, -0.2) is 12.8 Å². The first kappa shape index (κ1) is 18.2. The van der Waals surface area contributed by atoms with Gasteiger partial charge in [-0.2, -0.15) is 4.31 Å². The van der Waals surface area contributed by atoms with Gasteiger partial charge < -0.3 is 14.6 Å². The van der Waals surface area contributed by atoms with Crippen molar-refractivity contribution in [3.8, 4) is 11.5 Å². The third kappa shape index (κ3) is 3.40. The standard InChI is InChI=1S/C19H20FNO5S/c20-15-3-1-14(2-4-15)19(22)7-9-21(10-8-19)27(23,24)16-5-6-17-18(13-16)26-12-11-25-17/h1-6,13,22H,7-12H2. The number of ether oxygens (including phenoxy) is 2. The van der Waals surface area contributed by atoms with Gasteiger partial charge in [-0.3, -0.25) is 0 Å². The number of benzene rings is 2. The molecule has 1 fully saturated rings. The van der Waals surface area contributed by atoms with E-state index in [1.54, 1.807) is 18.2 Å². The summed E-state index contributed by atoms with van der Waals surface area (Å²) in [5.41, 5.74) is -0.563. The Morgan fingerprint density at radius 3 is 2.26 bits per heavy atom. The highest BCUT2D eigenvalue weighted by Gasteiger charge is 2.38. The van der Waals surface area contributed by atoms with Crippen molar-refractivity contribution in [2.45, 2.75) is 23.3 Å². The van der Waals surface area contributed by atoms with E-state index in [2.05, 4.69) is 0 Å². The Balaban J connectivity index is 1.52. The van der Waals surface area contributed by atoms with E-state index >= 15 is 0 Å². The van der Waals surface area contributed by atoms with Crippen LogP contribution in [0.5, 0.6) is 11.5 Å². The Bertz CT molecular complexity index is 937. The Labute approximate surface area is 157 Å². The van der Waals surface area contributed by atoms with E-state index in [-0.39, 0.29) is 36.6 Å². The summed E-state index contributed by atoms with van der Waals surface area (Å²) in [6.07, 6.45) is 0.477. The molecule has 0 atom stereocenters. The number of hydrogen-bond donors (Lipinski definition) is 1. The average Bonchev–Trinajstić information content (AvgIpc) is 2.68. The number of rotatable bonds is 3. The highest BCUT2D eigenvalue weighted by Crippen LogP contribution is 2.37. The zero-order chi connectivity index (χ0) is 19.1. The average molecular weight is 393 g/mol. The monoisotopic (exact) mass is 393 g/mol. The van der Waals surface area contributed by atoms with Crippen molar-refractivity contribution < 1.29 is 27.4 Å². The van der Waals surface area contributed by atoms with Crippen LogP contribution < -0.4 is 9.47 Å². The Hall–Kier alpha value is -2.16. The second-order valence-corrected chi connectivity index (χ2v) is 8.69. The summed E-state index contributed by atoms with van der Waals surface area (Å²) < 4.78 is 51.3. The number of nitrogens with zero attached hydrogens (tertiary/aromatic N) is 1. The van der Waals surface area contributed by atoms with Gasteiger partial charge in [-0.15, -0.1) is 0 Å². The Morgan fingerprint density at radius 1 is 0.963 bits per heavy atom. The molecular formula is C19H20FNO5S. The largest absolute Gasteiger partial charge is 0.486 e. The highest BCUT2D eigenvalue weighted by molar-refractivity contribution is 7.89. The molecule has 144 valence electrons. The van der Waals surface area contributed by atoms with Gasteiger partial charge >= 0.3 is 0 Å². The fraction of sp³-hybridized carbons (Fsp3) is 0.368. The first-order valence-electron chi connectivity index (χ1n) is 8.77. The number of piperidine rings is 1. The molecule has 2 aliphatic heterocycles. The third-order valence-corrected chi connectivity index (χ3v) is 6.98. The summed E-state index contributed by atoms with van der Waals surface area (Å²) in [6, 6.07) is 10.3. The van der Waals surface area contributed by atoms with Crippen molar-refractivity contribution in [1.82, 2.24) is 4.31 Å². The van der Waals surface area contributed by atoms with E-state index in [9.17, 15) is 17.9 Å². The molecule has 0 unspecified atom stereocenters. The highest BCUT2D eigenvalue weighted by atomic mass is 32.2. The fourth-order valence-electron chi connectivity index (χ4n) is 3.48. The van der Waals surface area contributed by atoms with E-state index in [0.29, 0.717) is 30.3 Å². The number of halogens is 1. The topological polar surface area (TPSA) is 76.1 Å². The second kappa shape index (κ2) is 6.78. The number of fused-ring (bicyclic) bond motifs is 1. The molecule has 1 N–H and O–H groups in total. The maximum Gasteiger partial charge on any atom is 0.243 e. The van der Waals surface area contributed by atoms with Gasteiger partial charge in [0.25, 0.3) is 0 Å². The minimum absolute atomic E-state index is 0.138. The van der Waals surface area contributed by atoms with E-state index in [4.69, 9.17) is 9.47 Å². The molecule has 0 aliphatic carbocycles. The number of hydrogen-bond acceptors (Lipinski definition) is 5. The molecule has 27 heavy (non-hydrogen) atoms. The molecule has 0 radical (unpaired) electrons. The van der Waals surface area contributed by atoms with Crippen LogP contribution in [0.4, 0.5) is 4.39 Å². The van der Waals surface area contributed by atoms with E-state index < -0.39 is 15.6 Å². The molecule has 8 heteroatoms. The zero-order valence-corrected chi connectivity index (χ0v) is 15.4. The smallest absolute Gasteiger partial charge is 0.243 e. The van der Waals surface area contributed by atoms with Crippen LogP contribution in [0.1, 0.15) is 18.4 Å². The molecule has 0 bridgehead atoms. The molecule has 2 heterocycles. The lowest BCUT2D eigenvalue weighted by Gasteiger charge is -2.38. The van der Waals surface area contributed by atoms with Gasteiger partial charge in [0.1, 0.15) is 19.0 Å². The predicted molar refractivity (Wildman–Crippen MR) is 95.7 cm³/mol. The summed E-state index contributed by atoms with van der Waals surface area (Å²) in [5, 5.41) is 10.9. The van der Waals surface area contributed by atoms with Crippen molar-refractivity contribution in [2.75, 3.05) is 26.3 Å². The molecule has 2 aliphatic rings. The quantitative estimate of drug-likeness (QED) is 0.866. The summed E-state index contributed by atoms with van der Waals surface area (Å²) in [4.78, 5) is 0.138. The summed E-state index contributed by atoms with van der Waals surface area (Å²) >= 11 is 0. The van der Waals surface area contributed by atoms with Gasteiger partial charge in [0, 0.05) is 19.2 Å². The molecule has 0 saturated carbocycles. The molecule has 0 spiro atoms. The minimum Gasteiger partial charge on any atom is -0.486 e. The molecule has 6 nitrogen and oxygen atoms in total. The zero-order valence-electron chi connectivity index (χ0n) is 14.6. The van der Waals surface area contributed by atoms with Crippen LogP contribution >= 0.6 is 0 Å². The summed E-state index contributed by atoms with van der Waals surface area (Å²) in [7, 11) is -3.71. The Kier molecular flexibility index (Phi) is 4.57. The lowest BCUT2D eigenvalue weighted by Crippen LogP contribution is -2.45. The molecule has 0 aromatic heterocycles. The van der Waals surface area contributed by atoms with Crippen LogP contribution in [0, 0.1) is 5.82 Å². The van der Waals surface area contributed by atoms with Gasteiger partial charge in [0.05, 0.1) is 10.5 Å². The van der Waals surface area contributed by atoms with Crippen molar-refractivity contribution >= 4 is 10.0 Å². The van der Waals surface area contributed by atoms with Gasteiger partial charge in [0.15, 0.2) is 11.5 Å². The maximum atomic E-state index is 13.1. The molecular weight excluding hydrogens is 373 g/mol. The maximum absolute atomic E-state index is 13.1. The SMILES string of the molecule is O=S(=O)(c1ccc2c(c1)OCCO2)N1CCC(O)(c2ccc(F)cc2)CC1. The first-order valence-corrected chi connectivity index (χ1v) is 10.2. The van der Waals surface area contributed by atoms with Crippen molar-refractivity contribution in [3.63, 3.8) is 0 Å². The van der Waals surface area contributed by atoms with Crippen LogP contribution in [0.25, 0.3) is 0 Å². The van der Waals surface area contributed by atoms with Crippen LogP contribution in [-0.4, -0.2) is 44.1 Å². The lowest BCUT2D eigenvalue weighted by atomic mass is 9.85. The van der Waals surface area contributed by atoms with E-state index in [1.807, 2.05) is 0 Å². The van der Waals surface area contributed by atoms with E-state index in [1.165, 1.54) is 28.6 Å².